The molecule has 0 saturated heterocycles. The number of aromatic nitrogens is 2. The predicted molar refractivity (Wildman–Crippen MR) is 68.9 cm³/mol. The van der Waals surface area contributed by atoms with Crippen molar-refractivity contribution in [3.05, 3.63) is 41.6 Å². The summed E-state index contributed by atoms with van der Waals surface area (Å²) in [4.78, 5) is 8.74. The summed E-state index contributed by atoms with van der Waals surface area (Å²) in [6.07, 6.45) is 2.24. The highest BCUT2D eigenvalue weighted by atomic mass is 19.2. The third-order valence-electron chi connectivity index (χ3n) is 3.18. The van der Waals surface area contributed by atoms with Gasteiger partial charge in [-0.25, -0.2) is 18.7 Å². The van der Waals surface area contributed by atoms with Gasteiger partial charge in [-0.05, 0) is 31.0 Å². The Bertz CT molecular complexity index is 624. The minimum Gasteiger partial charge on any atom is -0.373 e. The third-order valence-corrected chi connectivity index (χ3v) is 3.18. The molecule has 0 amide bonds. The van der Waals surface area contributed by atoms with Crippen LogP contribution < -0.4 is 5.32 Å². The maximum Gasteiger partial charge on any atom is 0.161 e. The van der Waals surface area contributed by atoms with Gasteiger partial charge in [-0.3, -0.25) is 0 Å². The molecule has 0 bridgehead atoms. The van der Waals surface area contributed by atoms with Crippen LogP contribution >= 0.6 is 0 Å². The van der Waals surface area contributed by atoms with Gasteiger partial charge < -0.3 is 5.32 Å². The minimum absolute atomic E-state index is 0.424. The fourth-order valence-electron chi connectivity index (χ4n) is 1.95. The van der Waals surface area contributed by atoms with Crippen molar-refractivity contribution >= 4 is 5.82 Å². The first-order chi connectivity index (χ1) is 9.17. The summed E-state index contributed by atoms with van der Waals surface area (Å²) < 4.78 is 26.2. The highest BCUT2D eigenvalue weighted by Crippen LogP contribution is 2.40. The van der Waals surface area contributed by atoms with Crippen LogP contribution in [0, 0.1) is 11.6 Å². The van der Waals surface area contributed by atoms with Crippen molar-refractivity contribution in [2.75, 3.05) is 12.4 Å². The van der Waals surface area contributed by atoms with E-state index in [-0.39, 0.29) is 0 Å². The van der Waals surface area contributed by atoms with Crippen LogP contribution in [0.2, 0.25) is 0 Å². The molecule has 1 N–H and O–H groups in total. The zero-order valence-electron chi connectivity index (χ0n) is 10.5. The number of nitrogens with zero attached hydrogens (tertiary/aromatic N) is 2. The van der Waals surface area contributed by atoms with E-state index in [1.54, 1.807) is 7.05 Å². The number of benzene rings is 1. The van der Waals surface area contributed by atoms with Crippen molar-refractivity contribution in [1.82, 2.24) is 9.97 Å². The average molecular weight is 261 g/mol. The fourth-order valence-corrected chi connectivity index (χ4v) is 1.95. The molecule has 0 atom stereocenters. The van der Waals surface area contributed by atoms with E-state index >= 15 is 0 Å². The lowest BCUT2D eigenvalue weighted by Crippen LogP contribution is -2.00. The number of hydrogen-bond donors (Lipinski definition) is 1. The van der Waals surface area contributed by atoms with Crippen molar-refractivity contribution in [2.24, 2.45) is 0 Å². The molecule has 0 spiro atoms. The van der Waals surface area contributed by atoms with E-state index in [9.17, 15) is 8.78 Å². The summed E-state index contributed by atoms with van der Waals surface area (Å²) in [5.74, 6) is -0.164. The Morgan fingerprint density at radius 2 is 1.89 bits per heavy atom. The molecule has 1 aliphatic carbocycles. The number of hydrogen-bond acceptors (Lipinski definition) is 3. The Balaban J connectivity index is 2.07. The van der Waals surface area contributed by atoms with Gasteiger partial charge in [0.05, 0.1) is 0 Å². The van der Waals surface area contributed by atoms with E-state index in [0.29, 0.717) is 23.1 Å². The van der Waals surface area contributed by atoms with Gasteiger partial charge in [-0.15, -0.1) is 0 Å². The molecule has 19 heavy (non-hydrogen) atoms. The molecule has 1 saturated carbocycles. The summed E-state index contributed by atoms with van der Waals surface area (Å²) in [6, 6.07) is 5.61. The number of nitrogens with one attached hydrogen (secondary N) is 1. The molecule has 0 radical (unpaired) electrons. The monoisotopic (exact) mass is 261 g/mol. The molecule has 0 unspecified atom stereocenters. The molecule has 1 aromatic carbocycles. The van der Waals surface area contributed by atoms with Crippen molar-refractivity contribution in [1.29, 1.82) is 0 Å². The highest BCUT2D eigenvalue weighted by molar-refractivity contribution is 5.58. The summed E-state index contributed by atoms with van der Waals surface area (Å²) in [6.45, 7) is 0. The maximum absolute atomic E-state index is 13.3. The smallest absolute Gasteiger partial charge is 0.161 e. The summed E-state index contributed by atoms with van der Waals surface area (Å²) >= 11 is 0. The van der Waals surface area contributed by atoms with Crippen molar-refractivity contribution in [3.8, 4) is 11.4 Å². The zero-order chi connectivity index (χ0) is 13.4. The number of anilines is 1. The molecule has 5 heteroatoms. The zero-order valence-corrected chi connectivity index (χ0v) is 10.5. The SMILES string of the molecule is CNc1cc(C2CC2)nc(-c2ccc(F)c(F)c2)n1. The second kappa shape index (κ2) is 4.57. The van der Waals surface area contributed by atoms with E-state index in [4.69, 9.17) is 0 Å². The molecular formula is C14H13F2N3. The van der Waals surface area contributed by atoms with Gasteiger partial charge >= 0.3 is 0 Å². The Labute approximate surface area is 109 Å². The Hall–Kier alpha value is -2.04. The van der Waals surface area contributed by atoms with Gasteiger partial charge in [-0.1, -0.05) is 0 Å². The van der Waals surface area contributed by atoms with Crippen molar-refractivity contribution in [3.63, 3.8) is 0 Å². The van der Waals surface area contributed by atoms with Gasteiger partial charge in [0.1, 0.15) is 5.82 Å². The van der Waals surface area contributed by atoms with Gasteiger partial charge in [0.15, 0.2) is 17.5 Å². The third kappa shape index (κ3) is 2.41. The first kappa shape index (κ1) is 12.0. The first-order valence-corrected chi connectivity index (χ1v) is 6.19. The second-order valence-corrected chi connectivity index (χ2v) is 4.65. The van der Waals surface area contributed by atoms with E-state index in [1.165, 1.54) is 6.07 Å². The van der Waals surface area contributed by atoms with Crippen LogP contribution in [-0.4, -0.2) is 17.0 Å². The lowest BCUT2D eigenvalue weighted by atomic mass is 10.2. The van der Waals surface area contributed by atoms with Crippen LogP contribution in [0.4, 0.5) is 14.6 Å². The fraction of sp³-hybridized carbons (Fsp3) is 0.286. The topological polar surface area (TPSA) is 37.8 Å². The Morgan fingerprint density at radius 3 is 2.53 bits per heavy atom. The second-order valence-electron chi connectivity index (χ2n) is 4.65. The van der Waals surface area contributed by atoms with Gasteiger partial charge in [0.2, 0.25) is 0 Å². The van der Waals surface area contributed by atoms with Gasteiger partial charge in [0, 0.05) is 30.3 Å². The Kier molecular flexibility index (Phi) is 2.89. The molecule has 1 fully saturated rings. The van der Waals surface area contributed by atoms with Crippen molar-refractivity contribution < 1.29 is 8.78 Å². The lowest BCUT2D eigenvalue weighted by molar-refractivity contribution is 0.509. The molecule has 1 aromatic heterocycles. The largest absolute Gasteiger partial charge is 0.373 e. The summed E-state index contributed by atoms with van der Waals surface area (Å²) in [7, 11) is 1.77. The van der Waals surface area contributed by atoms with Crippen LogP contribution in [0.1, 0.15) is 24.5 Å². The predicted octanol–water partition coefficient (Wildman–Crippen LogP) is 3.34. The number of rotatable bonds is 3. The molecule has 0 aliphatic heterocycles. The average Bonchev–Trinajstić information content (AvgIpc) is 3.26. The maximum atomic E-state index is 13.3. The van der Waals surface area contributed by atoms with E-state index in [2.05, 4.69) is 15.3 Å². The van der Waals surface area contributed by atoms with E-state index in [0.717, 1.165) is 30.7 Å². The quantitative estimate of drug-likeness (QED) is 0.920. The van der Waals surface area contributed by atoms with E-state index < -0.39 is 11.6 Å². The van der Waals surface area contributed by atoms with E-state index in [1.807, 2.05) is 6.07 Å². The molecule has 2 aromatic rings. The van der Waals surface area contributed by atoms with Crippen molar-refractivity contribution in [2.45, 2.75) is 18.8 Å². The van der Waals surface area contributed by atoms with Crippen LogP contribution in [-0.2, 0) is 0 Å². The first-order valence-electron chi connectivity index (χ1n) is 6.19. The van der Waals surface area contributed by atoms with Gasteiger partial charge in [-0.2, -0.15) is 0 Å². The molecule has 3 nitrogen and oxygen atoms in total. The van der Waals surface area contributed by atoms with Crippen LogP contribution in [0.25, 0.3) is 11.4 Å². The van der Waals surface area contributed by atoms with Crippen LogP contribution in [0.15, 0.2) is 24.3 Å². The van der Waals surface area contributed by atoms with Crippen LogP contribution in [0.3, 0.4) is 0 Å². The Morgan fingerprint density at radius 1 is 1.11 bits per heavy atom. The molecule has 1 aliphatic rings. The molecule has 98 valence electrons. The molecular weight excluding hydrogens is 248 g/mol. The minimum atomic E-state index is -0.885. The van der Waals surface area contributed by atoms with Gasteiger partial charge in [0.25, 0.3) is 0 Å². The highest BCUT2D eigenvalue weighted by Gasteiger charge is 2.26. The summed E-state index contributed by atoms with van der Waals surface area (Å²) in [5.41, 5.74) is 1.44. The van der Waals surface area contributed by atoms with Crippen LogP contribution in [0.5, 0.6) is 0 Å². The standard InChI is InChI=1S/C14H13F2N3/c1-17-13-7-12(8-2-3-8)18-14(19-13)9-4-5-10(15)11(16)6-9/h4-8H,2-3H2,1H3,(H,17,18,19). The molecule has 3 rings (SSSR count). The number of halogens is 2. The lowest BCUT2D eigenvalue weighted by Gasteiger charge is -2.07. The normalized spacial score (nSPS) is 14.5. The molecule has 1 heterocycles. The summed E-state index contributed by atoms with van der Waals surface area (Å²) in [5, 5.41) is 2.97.